The molecule has 21 heavy (non-hydrogen) atoms. The summed E-state index contributed by atoms with van der Waals surface area (Å²) in [5.74, 6) is 0.426. The molecule has 2 unspecified atom stereocenters. The molecule has 3 rings (SSSR count). The van der Waals surface area contributed by atoms with Gasteiger partial charge in [0, 0.05) is 12.6 Å². The Morgan fingerprint density at radius 3 is 2.86 bits per heavy atom. The van der Waals surface area contributed by atoms with Gasteiger partial charge in [-0.3, -0.25) is 0 Å². The summed E-state index contributed by atoms with van der Waals surface area (Å²) < 4.78 is 28.5. The summed E-state index contributed by atoms with van der Waals surface area (Å²) >= 11 is 0. The third-order valence-electron chi connectivity index (χ3n) is 4.80. The van der Waals surface area contributed by atoms with Gasteiger partial charge in [-0.1, -0.05) is 31.9 Å². The first kappa shape index (κ1) is 15.0. The van der Waals surface area contributed by atoms with E-state index in [-0.39, 0.29) is 6.04 Å². The van der Waals surface area contributed by atoms with Gasteiger partial charge in [-0.2, -0.15) is 0 Å². The molecule has 0 aromatic heterocycles. The summed E-state index contributed by atoms with van der Waals surface area (Å²) in [6.07, 6.45) is 5.19. The lowest BCUT2D eigenvalue weighted by molar-refractivity contribution is 0.310. The molecule has 0 bridgehead atoms. The molecule has 2 atom stereocenters. The second kappa shape index (κ2) is 6.07. The van der Waals surface area contributed by atoms with Crippen molar-refractivity contribution in [2.45, 2.75) is 56.5 Å². The van der Waals surface area contributed by atoms with Crippen molar-refractivity contribution in [3.8, 4) is 0 Å². The molecular formula is C16H24N2O2S. The van der Waals surface area contributed by atoms with E-state index in [1.807, 2.05) is 12.1 Å². The van der Waals surface area contributed by atoms with Crippen molar-refractivity contribution in [2.75, 3.05) is 6.54 Å². The molecule has 2 N–H and O–H groups in total. The average Bonchev–Trinajstić information content (AvgIpc) is 2.49. The Hall–Kier alpha value is -0.910. The molecule has 116 valence electrons. The number of fused-ring (bicyclic) bond motifs is 1. The molecule has 2 aliphatic rings. The van der Waals surface area contributed by atoms with Crippen molar-refractivity contribution in [2.24, 2.45) is 5.92 Å². The second-order valence-electron chi connectivity index (χ2n) is 6.31. The molecule has 5 heteroatoms. The van der Waals surface area contributed by atoms with Crippen molar-refractivity contribution in [3.63, 3.8) is 0 Å². The van der Waals surface area contributed by atoms with E-state index in [4.69, 9.17) is 0 Å². The summed E-state index contributed by atoms with van der Waals surface area (Å²) in [6.45, 7) is 3.76. The monoisotopic (exact) mass is 308 g/mol. The third-order valence-corrected chi connectivity index (χ3v) is 6.38. The van der Waals surface area contributed by atoms with Gasteiger partial charge in [0.25, 0.3) is 0 Å². The van der Waals surface area contributed by atoms with E-state index in [9.17, 15) is 8.42 Å². The zero-order valence-corrected chi connectivity index (χ0v) is 13.4. The molecule has 0 radical (unpaired) electrons. The fraction of sp³-hybridized carbons (Fsp3) is 0.625. The Morgan fingerprint density at radius 2 is 2.05 bits per heavy atom. The predicted octanol–water partition coefficient (Wildman–Crippen LogP) is 2.19. The summed E-state index contributed by atoms with van der Waals surface area (Å²) in [5, 5.41) is 3.29. The molecular weight excluding hydrogens is 284 g/mol. The van der Waals surface area contributed by atoms with Gasteiger partial charge in [0.1, 0.15) is 0 Å². The zero-order chi connectivity index (χ0) is 14.9. The molecule has 0 saturated heterocycles. The van der Waals surface area contributed by atoms with Gasteiger partial charge in [-0.25, -0.2) is 13.1 Å². The minimum absolute atomic E-state index is 0.0846. The van der Waals surface area contributed by atoms with Crippen molar-refractivity contribution in [1.29, 1.82) is 0 Å². The lowest BCUT2D eigenvalue weighted by Gasteiger charge is -2.30. The number of rotatable bonds is 3. The van der Waals surface area contributed by atoms with Gasteiger partial charge >= 0.3 is 0 Å². The van der Waals surface area contributed by atoms with E-state index in [0.29, 0.717) is 10.8 Å². The molecule has 1 saturated carbocycles. The van der Waals surface area contributed by atoms with Crippen LogP contribution in [-0.4, -0.2) is 21.0 Å². The van der Waals surface area contributed by atoms with E-state index < -0.39 is 10.0 Å². The lowest BCUT2D eigenvalue weighted by atomic mass is 9.87. The third kappa shape index (κ3) is 3.15. The van der Waals surface area contributed by atoms with Crippen LogP contribution >= 0.6 is 0 Å². The standard InChI is InChI=1S/C16H24N2O2S/c1-12-5-2-3-7-15(12)18-21(19,20)16-8-4-6-13-11-17-10-9-14(13)16/h4,6,8,12,15,17-18H,2-3,5,7,9-11H2,1H3. The van der Waals surface area contributed by atoms with Crippen LogP contribution in [-0.2, 0) is 23.0 Å². The van der Waals surface area contributed by atoms with Crippen LogP contribution in [0.4, 0.5) is 0 Å². The summed E-state index contributed by atoms with van der Waals surface area (Å²) in [5.41, 5.74) is 2.10. The molecule has 1 aliphatic heterocycles. The molecule has 0 amide bonds. The van der Waals surface area contributed by atoms with E-state index >= 15 is 0 Å². The van der Waals surface area contributed by atoms with E-state index in [1.165, 1.54) is 6.42 Å². The topological polar surface area (TPSA) is 58.2 Å². The Balaban J connectivity index is 1.88. The van der Waals surface area contributed by atoms with Gasteiger partial charge in [-0.05, 0) is 48.9 Å². The van der Waals surface area contributed by atoms with Gasteiger partial charge in [0.2, 0.25) is 10.0 Å². The van der Waals surface area contributed by atoms with Crippen molar-refractivity contribution >= 4 is 10.0 Å². The van der Waals surface area contributed by atoms with Crippen LogP contribution in [0.15, 0.2) is 23.1 Å². The van der Waals surface area contributed by atoms with Crippen LogP contribution < -0.4 is 10.0 Å². The van der Waals surface area contributed by atoms with Crippen LogP contribution in [0, 0.1) is 5.92 Å². The number of hydrogen-bond donors (Lipinski definition) is 2. The summed E-state index contributed by atoms with van der Waals surface area (Å²) in [7, 11) is -3.41. The maximum atomic E-state index is 12.8. The highest BCUT2D eigenvalue weighted by atomic mass is 32.2. The van der Waals surface area contributed by atoms with Gasteiger partial charge in [0.05, 0.1) is 4.90 Å². The SMILES string of the molecule is CC1CCCCC1NS(=O)(=O)c1cccc2c1CCNC2. The number of sulfonamides is 1. The number of benzene rings is 1. The minimum atomic E-state index is -3.41. The largest absolute Gasteiger partial charge is 0.312 e. The first-order valence-electron chi connectivity index (χ1n) is 7.92. The lowest BCUT2D eigenvalue weighted by Crippen LogP contribution is -2.41. The van der Waals surface area contributed by atoms with E-state index in [2.05, 4.69) is 17.0 Å². The van der Waals surface area contributed by atoms with Crippen LogP contribution in [0.3, 0.4) is 0 Å². The first-order chi connectivity index (χ1) is 10.1. The normalized spacial score (nSPS) is 26.3. The average molecular weight is 308 g/mol. The predicted molar refractivity (Wildman–Crippen MR) is 83.6 cm³/mol. The fourth-order valence-electron chi connectivity index (χ4n) is 3.50. The van der Waals surface area contributed by atoms with Crippen molar-refractivity contribution in [1.82, 2.24) is 10.0 Å². The summed E-state index contributed by atoms with van der Waals surface area (Å²) in [4.78, 5) is 0.485. The Kier molecular flexibility index (Phi) is 4.33. The van der Waals surface area contributed by atoms with Crippen LogP contribution in [0.1, 0.15) is 43.7 Å². The molecule has 1 fully saturated rings. The molecule has 0 spiro atoms. The quantitative estimate of drug-likeness (QED) is 0.900. The minimum Gasteiger partial charge on any atom is -0.312 e. The first-order valence-corrected chi connectivity index (χ1v) is 9.40. The molecule has 1 heterocycles. The maximum absolute atomic E-state index is 12.8. The number of hydrogen-bond acceptors (Lipinski definition) is 3. The van der Waals surface area contributed by atoms with Crippen LogP contribution in [0.25, 0.3) is 0 Å². The van der Waals surface area contributed by atoms with Gasteiger partial charge in [0.15, 0.2) is 0 Å². The van der Waals surface area contributed by atoms with Crippen LogP contribution in [0.5, 0.6) is 0 Å². The fourth-order valence-corrected chi connectivity index (χ4v) is 5.19. The Bertz CT molecular complexity index is 613. The smallest absolute Gasteiger partial charge is 0.241 e. The van der Waals surface area contributed by atoms with E-state index in [1.54, 1.807) is 6.07 Å². The highest BCUT2D eigenvalue weighted by Gasteiger charge is 2.29. The Labute approximate surface area is 127 Å². The highest BCUT2D eigenvalue weighted by Crippen LogP contribution is 2.27. The van der Waals surface area contributed by atoms with Crippen LogP contribution in [0.2, 0.25) is 0 Å². The second-order valence-corrected chi connectivity index (χ2v) is 7.99. The highest BCUT2D eigenvalue weighted by molar-refractivity contribution is 7.89. The Morgan fingerprint density at radius 1 is 1.24 bits per heavy atom. The molecule has 4 nitrogen and oxygen atoms in total. The van der Waals surface area contributed by atoms with Crippen molar-refractivity contribution < 1.29 is 8.42 Å². The molecule has 1 aromatic carbocycles. The molecule has 1 aromatic rings. The van der Waals surface area contributed by atoms with Gasteiger partial charge < -0.3 is 5.32 Å². The zero-order valence-electron chi connectivity index (χ0n) is 12.6. The van der Waals surface area contributed by atoms with Gasteiger partial charge in [-0.15, -0.1) is 0 Å². The maximum Gasteiger partial charge on any atom is 0.241 e. The van der Waals surface area contributed by atoms with E-state index in [0.717, 1.165) is 49.9 Å². The number of nitrogens with one attached hydrogen (secondary N) is 2. The van der Waals surface area contributed by atoms with Crippen molar-refractivity contribution in [3.05, 3.63) is 29.3 Å². The molecule has 1 aliphatic carbocycles. The summed E-state index contributed by atoms with van der Waals surface area (Å²) in [6, 6.07) is 5.70.